The molecule has 0 spiro atoms. The van der Waals surface area contributed by atoms with Crippen molar-refractivity contribution in [2.75, 3.05) is 25.0 Å². The van der Waals surface area contributed by atoms with Gasteiger partial charge in [-0.2, -0.15) is 0 Å². The van der Waals surface area contributed by atoms with Crippen LogP contribution in [0, 0.1) is 12.8 Å². The third-order valence-electron chi connectivity index (χ3n) is 6.50. The zero-order valence-corrected chi connectivity index (χ0v) is 19.4. The number of rotatable bonds is 6. The van der Waals surface area contributed by atoms with Crippen LogP contribution in [0.4, 0.5) is 5.00 Å². The SMILES string of the molecule is CCOC(=O)c1c(NC(=O)C2CCN(Cc3ccccc3C)CC2)sc2c1CCCC2. The number of aryl methyl sites for hydroxylation is 2. The molecule has 1 aromatic carbocycles. The highest BCUT2D eigenvalue weighted by Gasteiger charge is 2.30. The number of fused-ring (bicyclic) bond motifs is 1. The highest BCUT2D eigenvalue weighted by molar-refractivity contribution is 7.17. The fourth-order valence-electron chi connectivity index (χ4n) is 4.67. The van der Waals surface area contributed by atoms with Crippen LogP contribution in [0.25, 0.3) is 0 Å². The Morgan fingerprint density at radius 3 is 2.65 bits per heavy atom. The lowest BCUT2D eigenvalue weighted by Gasteiger charge is -2.31. The average molecular weight is 441 g/mol. The quantitative estimate of drug-likeness (QED) is 0.645. The minimum absolute atomic E-state index is 0.0118. The van der Waals surface area contributed by atoms with Gasteiger partial charge in [-0.05, 0) is 82.2 Å². The van der Waals surface area contributed by atoms with Crippen molar-refractivity contribution in [3.05, 3.63) is 51.4 Å². The van der Waals surface area contributed by atoms with E-state index in [4.69, 9.17) is 4.74 Å². The van der Waals surface area contributed by atoms with Crippen LogP contribution >= 0.6 is 11.3 Å². The Morgan fingerprint density at radius 2 is 1.90 bits per heavy atom. The van der Waals surface area contributed by atoms with Crippen molar-refractivity contribution in [1.82, 2.24) is 4.90 Å². The Hall–Kier alpha value is -2.18. The number of carbonyl (C=O) groups is 2. The third kappa shape index (κ3) is 5.01. The van der Waals surface area contributed by atoms with Crippen LogP contribution in [0.2, 0.25) is 0 Å². The predicted octanol–water partition coefficient (Wildman–Crippen LogP) is 4.96. The van der Waals surface area contributed by atoms with E-state index in [2.05, 4.69) is 41.4 Å². The van der Waals surface area contributed by atoms with Crippen molar-refractivity contribution in [3.63, 3.8) is 0 Å². The summed E-state index contributed by atoms with van der Waals surface area (Å²) in [7, 11) is 0. The molecule has 0 radical (unpaired) electrons. The molecule has 0 saturated carbocycles. The summed E-state index contributed by atoms with van der Waals surface area (Å²) in [4.78, 5) is 29.3. The Bertz CT molecular complexity index is 944. The summed E-state index contributed by atoms with van der Waals surface area (Å²) in [5, 5.41) is 3.80. The number of benzene rings is 1. The van der Waals surface area contributed by atoms with Crippen molar-refractivity contribution in [3.8, 4) is 0 Å². The number of amides is 1. The topological polar surface area (TPSA) is 58.6 Å². The van der Waals surface area contributed by atoms with E-state index in [1.54, 1.807) is 11.3 Å². The molecule has 1 N–H and O–H groups in total. The van der Waals surface area contributed by atoms with E-state index < -0.39 is 0 Å². The first-order chi connectivity index (χ1) is 15.1. The monoisotopic (exact) mass is 440 g/mol. The van der Waals surface area contributed by atoms with Gasteiger partial charge in [0, 0.05) is 17.3 Å². The number of nitrogens with one attached hydrogen (secondary N) is 1. The van der Waals surface area contributed by atoms with Gasteiger partial charge < -0.3 is 10.1 Å². The molecule has 5 nitrogen and oxygen atoms in total. The maximum atomic E-state index is 13.1. The largest absolute Gasteiger partial charge is 0.462 e. The number of piperidine rings is 1. The molecule has 2 heterocycles. The number of thiophene rings is 1. The summed E-state index contributed by atoms with van der Waals surface area (Å²) in [6.07, 6.45) is 5.80. The molecule has 31 heavy (non-hydrogen) atoms. The van der Waals surface area contributed by atoms with Gasteiger partial charge in [0.2, 0.25) is 5.91 Å². The van der Waals surface area contributed by atoms with Crippen LogP contribution < -0.4 is 5.32 Å². The lowest BCUT2D eigenvalue weighted by Crippen LogP contribution is -2.38. The summed E-state index contributed by atoms with van der Waals surface area (Å²) in [6.45, 7) is 7.08. The minimum atomic E-state index is -0.301. The van der Waals surface area contributed by atoms with Crippen molar-refractivity contribution in [2.45, 2.75) is 58.9 Å². The maximum absolute atomic E-state index is 13.1. The van der Waals surface area contributed by atoms with Crippen LogP contribution in [0.5, 0.6) is 0 Å². The van der Waals surface area contributed by atoms with Gasteiger partial charge in [0.25, 0.3) is 0 Å². The average Bonchev–Trinajstić information content (AvgIpc) is 3.14. The number of carbonyl (C=O) groups excluding carboxylic acids is 2. The zero-order valence-electron chi connectivity index (χ0n) is 18.5. The highest BCUT2D eigenvalue weighted by atomic mass is 32.1. The van der Waals surface area contributed by atoms with E-state index in [-0.39, 0.29) is 17.8 Å². The second-order valence-corrected chi connectivity index (χ2v) is 9.71. The van der Waals surface area contributed by atoms with Crippen LogP contribution in [-0.4, -0.2) is 36.5 Å². The summed E-state index contributed by atoms with van der Waals surface area (Å²) < 4.78 is 5.31. The number of anilines is 1. The van der Waals surface area contributed by atoms with Gasteiger partial charge in [-0.25, -0.2) is 4.79 Å². The molecule has 2 aliphatic rings. The number of likely N-dealkylation sites (tertiary alicyclic amines) is 1. The van der Waals surface area contributed by atoms with Gasteiger partial charge >= 0.3 is 5.97 Å². The molecule has 1 aliphatic carbocycles. The minimum Gasteiger partial charge on any atom is -0.462 e. The van der Waals surface area contributed by atoms with Gasteiger partial charge in [-0.15, -0.1) is 11.3 Å². The first-order valence-corrected chi connectivity index (χ1v) is 12.3. The fourth-order valence-corrected chi connectivity index (χ4v) is 5.95. The molecule has 0 bridgehead atoms. The second-order valence-electron chi connectivity index (χ2n) is 8.60. The molecule has 1 fully saturated rings. The van der Waals surface area contributed by atoms with Gasteiger partial charge in [-0.1, -0.05) is 24.3 Å². The first-order valence-electron chi connectivity index (χ1n) is 11.5. The molecule has 166 valence electrons. The van der Waals surface area contributed by atoms with Crippen molar-refractivity contribution in [1.29, 1.82) is 0 Å². The summed E-state index contributed by atoms with van der Waals surface area (Å²) in [6, 6.07) is 8.49. The molecule has 4 rings (SSSR count). The standard InChI is InChI=1S/C25H32N2O3S/c1-3-30-25(29)22-20-10-6-7-11-21(20)31-24(22)26-23(28)18-12-14-27(15-13-18)16-19-9-5-4-8-17(19)2/h4-5,8-9,18H,3,6-7,10-16H2,1-2H3,(H,26,28). The Morgan fingerprint density at radius 1 is 1.16 bits per heavy atom. The lowest BCUT2D eigenvalue weighted by molar-refractivity contribution is -0.121. The molecule has 2 aromatic rings. The molecule has 1 saturated heterocycles. The van der Waals surface area contributed by atoms with Gasteiger partial charge in [0.1, 0.15) is 5.00 Å². The molecule has 1 aromatic heterocycles. The van der Waals surface area contributed by atoms with Gasteiger partial charge in [0.15, 0.2) is 0 Å². The number of nitrogens with zero attached hydrogens (tertiary/aromatic N) is 1. The Balaban J connectivity index is 1.40. The first kappa shape index (κ1) is 22.0. The van der Waals surface area contributed by atoms with E-state index >= 15 is 0 Å². The number of ether oxygens (including phenoxy) is 1. The van der Waals surface area contributed by atoms with Crippen LogP contribution in [-0.2, 0) is 28.9 Å². The van der Waals surface area contributed by atoms with Crippen molar-refractivity contribution >= 4 is 28.2 Å². The molecular formula is C25H32N2O3S. The number of esters is 1. The summed E-state index contributed by atoms with van der Waals surface area (Å²) >= 11 is 1.57. The molecule has 1 aliphatic heterocycles. The smallest absolute Gasteiger partial charge is 0.341 e. The van der Waals surface area contributed by atoms with E-state index in [0.717, 1.165) is 63.7 Å². The number of hydrogen-bond acceptors (Lipinski definition) is 5. The fraction of sp³-hybridized carbons (Fsp3) is 0.520. The Kier molecular flexibility index (Phi) is 7.08. The van der Waals surface area contributed by atoms with Crippen molar-refractivity contribution in [2.24, 2.45) is 5.92 Å². The van der Waals surface area contributed by atoms with Crippen LogP contribution in [0.15, 0.2) is 24.3 Å². The molecule has 1 amide bonds. The van der Waals surface area contributed by atoms with Crippen LogP contribution in [0.1, 0.15) is 64.5 Å². The molecule has 0 unspecified atom stereocenters. The van der Waals surface area contributed by atoms with Crippen molar-refractivity contribution < 1.29 is 14.3 Å². The van der Waals surface area contributed by atoms with E-state index in [1.165, 1.54) is 16.0 Å². The normalized spacial score (nSPS) is 17.2. The third-order valence-corrected chi connectivity index (χ3v) is 7.71. The molecular weight excluding hydrogens is 408 g/mol. The lowest BCUT2D eigenvalue weighted by atomic mass is 9.94. The van der Waals surface area contributed by atoms with Gasteiger partial charge in [0.05, 0.1) is 12.2 Å². The van der Waals surface area contributed by atoms with Gasteiger partial charge in [-0.3, -0.25) is 9.69 Å². The maximum Gasteiger partial charge on any atom is 0.341 e. The molecule has 6 heteroatoms. The van der Waals surface area contributed by atoms with E-state index in [1.807, 2.05) is 6.92 Å². The van der Waals surface area contributed by atoms with Crippen LogP contribution in [0.3, 0.4) is 0 Å². The zero-order chi connectivity index (χ0) is 21.8. The van der Waals surface area contributed by atoms with E-state index in [9.17, 15) is 9.59 Å². The Labute approximate surface area is 188 Å². The second kappa shape index (κ2) is 9.96. The van der Waals surface area contributed by atoms with E-state index in [0.29, 0.717) is 17.2 Å². The predicted molar refractivity (Wildman–Crippen MR) is 125 cm³/mol. The summed E-state index contributed by atoms with van der Waals surface area (Å²) in [5.74, 6) is -0.271. The number of hydrogen-bond donors (Lipinski definition) is 1. The molecule has 0 atom stereocenters. The highest BCUT2D eigenvalue weighted by Crippen LogP contribution is 2.39. The summed E-state index contributed by atoms with van der Waals surface area (Å²) in [5.41, 5.74) is 4.37.